The Hall–Kier alpha value is -5.52. The molecule has 4 heterocycles. The zero-order valence-electron chi connectivity index (χ0n) is 32.1. The van der Waals surface area contributed by atoms with Crippen molar-refractivity contribution in [3.05, 3.63) is 75.3 Å². The maximum atomic E-state index is 14.1. The van der Waals surface area contributed by atoms with Gasteiger partial charge in [-0.2, -0.15) is 5.26 Å². The van der Waals surface area contributed by atoms with Crippen LogP contribution in [-0.2, 0) is 33.8 Å². The maximum absolute atomic E-state index is 14.1. The predicted molar refractivity (Wildman–Crippen MR) is 199 cm³/mol. The lowest BCUT2D eigenvalue weighted by molar-refractivity contribution is -0.132. The number of fused-ring (bicyclic) bond motifs is 9. The molecule has 2 amide bonds. The van der Waals surface area contributed by atoms with Gasteiger partial charge in [0.15, 0.2) is 23.0 Å². The monoisotopic (exact) mass is 753 g/mol. The number of nitrogens with one attached hydrogen (secondary N) is 2. The first-order chi connectivity index (χ1) is 26.4. The Balaban J connectivity index is 1.30. The Morgan fingerprint density at radius 3 is 2.45 bits per heavy atom. The summed E-state index contributed by atoms with van der Waals surface area (Å²) in [4.78, 5) is 43.9. The van der Waals surface area contributed by atoms with Crippen LogP contribution in [0.15, 0.2) is 36.4 Å². The Labute approximate surface area is 320 Å². The summed E-state index contributed by atoms with van der Waals surface area (Å²) in [6, 6.07) is 10.4. The number of alkyl carbamates (subject to hydrolysis) is 1. The summed E-state index contributed by atoms with van der Waals surface area (Å²) < 4.78 is 29.1. The van der Waals surface area contributed by atoms with E-state index in [9.17, 15) is 24.8 Å². The normalized spacial score (nSPS) is 22.7. The highest BCUT2D eigenvalue weighted by Crippen LogP contribution is 2.58. The third-order valence-corrected chi connectivity index (χ3v) is 11.4. The smallest absolute Gasteiger partial charge is 0.408 e. The van der Waals surface area contributed by atoms with Crippen LogP contribution in [0.3, 0.4) is 0 Å². The van der Waals surface area contributed by atoms with Gasteiger partial charge in [0.2, 0.25) is 12.7 Å². The minimum atomic E-state index is -0.944. The Morgan fingerprint density at radius 2 is 1.78 bits per heavy atom. The van der Waals surface area contributed by atoms with Gasteiger partial charge in [-0.05, 0) is 56.3 Å². The topological polar surface area (TPSA) is 172 Å². The van der Waals surface area contributed by atoms with Gasteiger partial charge >= 0.3 is 12.1 Å². The van der Waals surface area contributed by atoms with Crippen molar-refractivity contribution in [3.63, 3.8) is 0 Å². The molecule has 4 aliphatic heterocycles. The average molecular weight is 754 g/mol. The van der Waals surface area contributed by atoms with Crippen molar-refractivity contribution in [1.29, 1.82) is 5.26 Å². The maximum Gasteiger partial charge on any atom is 0.408 e. The molecule has 3 N–H and O–H groups in total. The number of esters is 1. The molecular formula is C41H47N5O9. The Kier molecular flexibility index (Phi) is 10.3. The molecule has 0 aliphatic carbocycles. The number of benzene rings is 3. The molecule has 0 aromatic heterocycles. The number of phenolic OH excluding ortho intramolecular Hbond substituents is 1. The molecule has 14 nitrogen and oxygen atoms in total. The highest BCUT2D eigenvalue weighted by atomic mass is 16.7. The van der Waals surface area contributed by atoms with E-state index in [0.29, 0.717) is 58.1 Å². The molecule has 6 atom stereocenters. The van der Waals surface area contributed by atoms with E-state index in [4.69, 9.17) is 23.7 Å². The van der Waals surface area contributed by atoms with Gasteiger partial charge in [-0.25, -0.2) is 4.79 Å². The van der Waals surface area contributed by atoms with Crippen LogP contribution in [0.1, 0.15) is 71.8 Å². The second-order valence-corrected chi connectivity index (χ2v) is 15.0. The highest BCUT2D eigenvalue weighted by molar-refractivity contribution is 5.86. The average Bonchev–Trinajstić information content (AvgIpc) is 3.64. The van der Waals surface area contributed by atoms with Crippen LogP contribution in [0.4, 0.5) is 4.79 Å². The minimum Gasteiger partial charge on any atom is -0.504 e. The van der Waals surface area contributed by atoms with Gasteiger partial charge in [-0.1, -0.05) is 50.2 Å². The third kappa shape index (κ3) is 6.55. The Morgan fingerprint density at radius 1 is 1.05 bits per heavy atom. The number of phenols is 1. The fraction of sp³-hybridized carbons (Fsp3) is 0.463. The number of likely N-dealkylation sites (N-methyl/N-ethyl adjacent to an activating group) is 1. The number of aromatic hydroxyl groups is 1. The first-order valence-electron chi connectivity index (χ1n) is 18.5. The van der Waals surface area contributed by atoms with Gasteiger partial charge < -0.3 is 39.4 Å². The fourth-order valence-corrected chi connectivity index (χ4v) is 9.04. The van der Waals surface area contributed by atoms with Crippen LogP contribution in [0.5, 0.6) is 28.7 Å². The zero-order chi connectivity index (χ0) is 39.3. The number of rotatable bonds is 9. The number of piperazine rings is 1. The number of nitriles is 1. The summed E-state index contributed by atoms with van der Waals surface area (Å²) in [5, 5.41) is 28.6. The fourth-order valence-electron chi connectivity index (χ4n) is 9.04. The molecule has 3 aromatic rings. The summed E-state index contributed by atoms with van der Waals surface area (Å²) >= 11 is 0. The summed E-state index contributed by atoms with van der Waals surface area (Å²) in [6.07, 6.45) is 0.0763. The molecule has 14 heteroatoms. The molecule has 3 aromatic carbocycles. The molecule has 4 aliphatic rings. The number of ether oxygens (including phenoxy) is 5. The quantitative estimate of drug-likeness (QED) is 0.207. The number of hydrogen-bond donors (Lipinski definition) is 3. The summed E-state index contributed by atoms with van der Waals surface area (Å²) in [6.45, 7) is 8.67. The largest absolute Gasteiger partial charge is 0.504 e. The molecule has 55 heavy (non-hydrogen) atoms. The molecule has 1 saturated heterocycles. The predicted octanol–water partition coefficient (Wildman–Crippen LogP) is 4.51. The zero-order valence-corrected chi connectivity index (χ0v) is 32.1. The van der Waals surface area contributed by atoms with Crippen molar-refractivity contribution in [1.82, 2.24) is 20.4 Å². The van der Waals surface area contributed by atoms with E-state index in [2.05, 4.69) is 26.5 Å². The van der Waals surface area contributed by atoms with Crippen molar-refractivity contribution in [3.8, 4) is 34.8 Å². The molecule has 0 radical (unpaired) electrons. The lowest BCUT2D eigenvalue weighted by Gasteiger charge is -2.60. The molecule has 1 unspecified atom stereocenters. The molecule has 7 rings (SSSR count). The summed E-state index contributed by atoms with van der Waals surface area (Å²) in [7, 11) is 3.49. The molecule has 290 valence electrons. The lowest BCUT2D eigenvalue weighted by atomic mass is 9.71. The SMILES string of the molecule is COc1c(C)cc2c(c1O)[C@@H]1C3Cc4c(OC(C)=O)c(C)c5c(c4[C@H](CNC(=O)[C@@H](NC(=O)OCc4ccccc4)C(C)C)N3[C@@H](C#N)[C@H](C2)N1C)OCO5. The number of methoxy groups -OCH3 is 1. The van der Waals surface area contributed by atoms with E-state index in [1.807, 2.05) is 71.1 Å². The van der Waals surface area contributed by atoms with Crippen LogP contribution >= 0.6 is 0 Å². The number of aryl methyl sites for hydroxylation is 1. The molecule has 2 bridgehead atoms. The van der Waals surface area contributed by atoms with Crippen LogP contribution in [0, 0.1) is 31.1 Å². The second kappa shape index (κ2) is 15.0. The van der Waals surface area contributed by atoms with Gasteiger partial charge in [-0.3, -0.25) is 19.4 Å². The van der Waals surface area contributed by atoms with E-state index < -0.39 is 48.2 Å². The molecule has 0 saturated carbocycles. The van der Waals surface area contributed by atoms with Gasteiger partial charge in [0.1, 0.15) is 24.4 Å². The van der Waals surface area contributed by atoms with Crippen LogP contribution in [0.25, 0.3) is 0 Å². The van der Waals surface area contributed by atoms with Gasteiger partial charge in [0, 0.05) is 47.8 Å². The van der Waals surface area contributed by atoms with E-state index in [-0.39, 0.29) is 37.7 Å². The van der Waals surface area contributed by atoms with Crippen molar-refractivity contribution in [2.75, 3.05) is 27.5 Å². The molecular weight excluding hydrogens is 706 g/mol. The number of amides is 2. The van der Waals surface area contributed by atoms with Gasteiger partial charge in [0.25, 0.3) is 0 Å². The van der Waals surface area contributed by atoms with E-state index in [0.717, 1.165) is 16.7 Å². The molecule has 1 fully saturated rings. The standard InChI is InChI=1S/C41H47N5O9/c1-20(2)33(44-41(50)52-18-24-11-9-8-10-12-24)40(49)43-17-30-32-26(37(55-23(5)47)22(4)38-39(32)54-19-53-38)15-28-34-31-25(13-21(3)36(51-7)35(31)48)14-27(45(34)6)29(16-42)46(28)30/h8-13,20,27-30,33-34,48H,14-15,17-19H2,1-7H3,(H,43,49)(H,44,50)/t27-,28?,29-,30-,33-,34-/m0/s1. The van der Waals surface area contributed by atoms with E-state index in [1.54, 1.807) is 0 Å². The van der Waals surface area contributed by atoms with Crippen LogP contribution < -0.4 is 29.6 Å². The van der Waals surface area contributed by atoms with Crippen molar-refractivity contribution < 1.29 is 43.2 Å². The van der Waals surface area contributed by atoms with Crippen LogP contribution in [-0.4, -0.2) is 84.5 Å². The first-order valence-corrected chi connectivity index (χ1v) is 18.5. The van der Waals surface area contributed by atoms with Gasteiger partial charge in [-0.15, -0.1) is 0 Å². The Bertz CT molecular complexity index is 2070. The summed E-state index contributed by atoms with van der Waals surface area (Å²) in [5.74, 6) is 0.401. The van der Waals surface area contributed by atoms with E-state index >= 15 is 0 Å². The number of nitrogens with zero attached hydrogens (tertiary/aromatic N) is 3. The minimum absolute atomic E-state index is 0.00204. The van der Waals surface area contributed by atoms with Crippen molar-refractivity contribution in [2.45, 2.75) is 90.3 Å². The summed E-state index contributed by atoms with van der Waals surface area (Å²) in [5.41, 5.74) is 5.18. The highest BCUT2D eigenvalue weighted by Gasteiger charge is 2.57. The molecule has 0 spiro atoms. The van der Waals surface area contributed by atoms with Crippen molar-refractivity contribution >= 4 is 18.0 Å². The number of hydrogen-bond acceptors (Lipinski definition) is 12. The first kappa shape index (κ1) is 37.8. The lowest BCUT2D eigenvalue weighted by Crippen LogP contribution is -2.69. The number of carbonyl (C=O) groups excluding carboxylic acids is 3. The third-order valence-electron chi connectivity index (χ3n) is 11.4. The van der Waals surface area contributed by atoms with Crippen molar-refractivity contribution in [2.24, 2.45) is 5.92 Å². The second-order valence-electron chi connectivity index (χ2n) is 15.0. The van der Waals surface area contributed by atoms with Crippen LogP contribution in [0.2, 0.25) is 0 Å². The number of carbonyl (C=O) groups is 3. The van der Waals surface area contributed by atoms with E-state index in [1.165, 1.54) is 14.0 Å². The van der Waals surface area contributed by atoms with Gasteiger partial charge in [0.05, 0.1) is 25.3 Å².